The zero-order chi connectivity index (χ0) is 45.3. The van der Waals surface area contributed by atoms with Gasteiger partial charge in [0, 0.05) is 12.8 Å². The normalized spacial score (nSPS) is 11.3. The highest BCUT2D eigenvalue weighted by atomic mass is 16.5. The van der Waals surface area contributed by atoms with Crippen LogP contribution >= 0.6 is 0 Å². The SMILES string of the molecule is C=C(COc1cc2ccccc2cc1NC(=O)CCCCCCCCCCCCCCCC)COc1cc2ccccc2cc1NC(=O)CCCCCCCCCCCCCCCC. The first kappa shape index (κ1) is 52.3. The molecule has 4 aromatic carbocycles. The van der Waals surface area contributed by atoms with Gasteiger partial charge in [0.1, 0.15) is 24.7 Å². The lowest BCUT2D eigenvalue weighted by atomic mass is 10.0. The minimum Gasteiger partial charge on any atom is -0.487 e. The monoisotopic (exact) mass is 875 g/mol. The molecule has 0 radical (unpaired) electrons. The smallest absolute Gasteiger partial charge is 0.224 e. The van der Waals surface area contributed by atoms with Crippen molar-refractivity contribution in [3.8, 4) is 11.5 Å². The van der Waals surface area contributed by atoms with Gasteiger partial charge in [-0.2, -0.15) is 0 Å². The molecule has 0 heterocycles. The molecule has 6 nitrogen and oxygen atoms in total. The van der Waals surface area contributed by atoms with E-state index >= 15 is 0 Å². The lowest BCUT2D eigenvalue weighted by Gasteiger charge is -2.17. The molecule has 0 aliphatic carbocycles. The number of anilines is 2. The lowest BCUT2D eigenvalue weighted by molar-refractivity contribution is -0.117. The van der Waals surface area contributed by atoms with Crippen LogP contribution in [-0.4, -0.2) is 25.0 Å². The summed E-state index contributed by atoms with van der Waals surface area (Å²) in [7, 11) is 0. The quantitative estimate of drug-likeness (QED) is 0.0347. The molecule has 0 spiro atoms. The van der Waals surface area contributed by atoms with E-state index < -0.39 is 0 Å². The highest BCUT2D eigenvalue weighted by molar-refractivity contribution is 5.98. The Morgan fingerprint density at radius 1 is 0.406 bits per heavy atom. The molecule has 0 aliphatic heterocycles. The fourth-order valence-corrected chi connectivity index (χ4v) is 8.66. The number of unbranched alkanes of at least 4 members (excludes halogenated alkanes) is 26. The predicted molar refractivity (Wildman–Crippen MR) is 275 cm³/mol. The summed E-state index contributed by atoms with van der Waals surface area (Å²) in [6.45, 7) is 9.26. The number of carbonyl (C=O) groups excluding carboxylic acids is 2. The van der Waals surface area contributed by atoms with Gasteiger partial charge in [0.2, 0.25) is 11.8 Å². The average molecular weight is 875 g/mol. The average Bonchev–Trinajstić information content (AvgIpc) is 3.30. The third-order valence-electron chi connectivity index (χ3n) is 12.6. The fourth-order valence-electron chi connectivity index (χ4n) is 8.66. The molecule has 4 rings (SSSR count). The predicted octanol–water partition coefficient (Wildman–Crippen LogP) is 17.6. The third-order valence-corrected chi connectivity index (χ3v) is 12.6. The van der Waals surface area contributed by atoms with Crippen LogP contribution < -0.4 is 20.1 Å². The maximum atomic E-state index is 13.2. The molecular weight excluding hydrogens is 789 g/mol. The molecule has 0 bridgehead atoms. The van der Waals surface area contributed by atoms with E-state index in [9.17, 15) is 9.59 Å². The first-order valence-electron chi connectivity index (χ1n) is 26.0. The number of benzene rings is 4. The van der Waals surface area contributed by atoms with Crippen LogP contribution in [0.15, 0.2) is 84.9 Å². The number of hydrogen-bond donors (Lipinski definition) is 2. The molecule has 0 saturated carbocycles. The molecule has 2 N–H and O–H groups in total. The Morgan fingerprint density at radius 2 is 0.672 bits per heavy atom. The van der Waals surface area contributed by atoms with Crippen molar-refractivity contribution < 1.29 is 19.1 Å². The number of nitrogens with one attached hydrogen (secondary N) is 2. The van der Waals surface area contributed by atoms with Gasteiger partial charge in [0.05, 0.1) is 11.4 Å². The van der Waals surface area contributed by atoms with E-state index in [1.165, 1.54) is 154 Å². The van der Waals surface area contributed by atoms with Crippen molar-refractivity contribution >= 4 is 44.7 Å². The Morgan fingerprint density at radius 3 is 0.969 bits per heavy atom. The molecule has 352 valence electrons. The Hall–Kier alpha value is -4.32. The number of amides is 2. The maximum absolute atomic E-state index is 13.2. The second kappa shape index (κ2) is 33.2. The van der Waals surface area contributed by atoms with Crippen LogP contribution in [-0.2, 0) is 9.59 Å². The van der Waals surface area contributed by atoms with Crippen molar-refractivity contribution in [2.75, 3.05) is 23.8 Å². The Labute approximate surface area is 389 Å². The molecule has 0 aliphatic rings. The summed E-state index contributed by atoms with van der Waals surface area (Å²) in [5.41, 5.74) is 2.07. The van der Waals surface area contributed by atoms with Gasteiger partial charge in [-0.25, -0.2) is 0 Å². The second-order valence-electron chi connectivity index (χ2n) is 18.5. The molecule has 64 heavy (non-hydrogen) atoms. The zero-order valence-corrected chi connectivity index (χ0v) is 40.4. The summed E-state index contributed by atoms with van der Waals surface area (Å²) in [4.78, 5) is 26.3. The maximum Gasteiger partial charge on any atom is 0.224 e. The van der Waals surface area contributed by atoms with Crippen LogP contribution in [0.25, 0.3) is 21.5 Å². The van der Waals surface area contributed by atoms with Gasteiger partial charge >= 0.3 is 0 Å². The molecular formula is C58H86N2O4. The number of carbonyl (C=O) groups is 2. The number of ether oxygens (including phenoxy) is 2. The van der Waals surface area contributed by atoms with E-state index in [1.807, 2.05) is 48.5 Å². The highest BCUT2D eigenvalue weighted by Gasteiger charge is 2.14. The number of rotatable bonds is 38. The van der Waals surface area contributed by atoms with E-state index in [2.05, 4.69) is 55.3 Å². The lowest BCUT2D eigenvalue weighted by Crippen LogP contribution is -2.15. The van der Waals surface area contributed by atoms with Crippen molar-refractivity contribution in [3.05, 3.63) is 84.9 Å². The molecule has 0 aromatic heterocycles. The highest BCUT2D eigenvalue weighted by Crippen LogP contribution is 2.33. The summed E-state index contributed by atoms with van der Waals surface area (Å²) in [5.74, 6) is 1.24. The topological polar surface area (TPSA) is 76.7 Å². The minimum absolute atomic E-state index is 0.0106. The molecule has 4 aromatic rings. The summed E-state index contributed by atoms with van der Waals surface area (Å²) in [6, 6.07) is 24.2. The van der Waals surface area contributed by atoms with Gasteiger partial charge in [0.15, 0.2) is 0 Å². The Balaban J connectivity index is 1.17. The second-order valence-corrected chi connectivity index (χ2v) is 18.5. The third kappa shape index (κ3) is 22.0. The van der Waals surface area contributed by atoms with E-state index in [0.717, 1.165) is 52.8 Å². The van der Waals surface area contributed by atoms with Gasteiger partial charge in [-0.3, -0.25) is 9.59 Å². The van der Waals surface area contributed by atoms with Crippen LogP contribution in [0.1, 0.15) is 206 Å². The number of hydrogen-bond acceptors (Lipinski definition) is 4. The van der Waals surface area contributed by atoms with Crippen LogP contribution in [0.2, 0.25) is 0 Å². The fraction of sp³-hybridized carbons (Fsp3) is 0.586. The first-order valence-corrected chi connectivity index (χ1v) is 26.0. The van der Waals surface area contributed by atoms with E-state index in [0.29, 0.717) is 35.7 Å². The Kier molecular flexibility index (Phi) is 27.1. The van der Waals surface area contributed by atoms with Crippen LogP contribution in [0.5, 0.6) is 11.5 Å². The van der Waals surface area contributed by atoms with Crippen LogP contribution in [0.3, 0.4) is 0 Å². The zero-order valence-electron chi connectivity index (χ0n) is 40.4. The van der Waals surface area contributed by atoms with Gasteiger partial charge in [-0.05, 0) is 64.2 Å². The van der Waals surface area contributed by atoms with E-state index in [-0.39, 0.29) is 25.0 Å². The largest absolute Gasteiger partial charge is 0.487 e. The molecule has 0 atom stereocenters. The van der Waals surface area contributed by atoms with Crippen molar-refractivity contribution in [1.29, 1.82) is 0 Å². The van der Waals surface area contributed by atoms with Crippen molar-refractivity contribution in [2.24, 2.45) is 0 Å². The van der Waals surface area contributed by atoms with Gasteiger partial charge in [-0.15, -0.1) is 0 Å². The minimum atomic E-state index is 0.0106. The van der Waals surface area contributed by atoms with Gasteiger partial charge < -0.3 is 20.1 Å². The van der Waals surface area contributed by atoms with Crippen molar-refractivity contribution in [1.82, 2.24) is 0 Å². The van der Waals surface area contributed by atoms with E-state index in [4.69, 9.17) is 9.47 Å². The van der Waals surface area contributed by atoms with E-state index in [1.54, 1.807) is 0 Å². The summed E-state index contributed by atoms with van der Waals surface area (Å²) in [6.07, 6.45) is 37.1. The Bertz CT molecular complexity index is 1770. The van der Waals surface area contributed by atoms with Crippen LogP contribution in [0.4, 0.5) is 11.4 Å². The molecule has 6 heteroatoms. The summed E-state index contributed by atoms with van der Waals surface area (Å²) in [5, 5.41) is 10.5. The number of fused-ring (bicyclic) bond motifs is 2. The molecule has 0 unspecified atom stereocenters. The summed E-state index contributed by atoms with van der Waals surface area (Å²) < 4.78 is 12.7. The van der Waals surface area contributed by atoms with Crippen molar-refractivity contribution in [2.45, 2.75) is 206 Å². The standard InChI is InChI=1S/C58H86N2O4/c1-4-6-8-10-12-14-16-18-20-22-24-26-28-30-40-57(61)59-53-42-49-36-32-34-38-51(49)44-55(53)63-46-48(3)47-64-56-45-52-39-35-33-37-50(52)43-54(56)60-58(62)41-31-29-27-25-23-21-19-17-15-13-11-9-7-5-2/h32-39,42-45H,3-31,40-41,46-47H2,1-2H3,(H,59,61)(H,60,62). The summed E-state index contributed by atoms with van der Waals surface area (Å²) >= 11 is 0. The molecule has 2 amide bonds. The van der Waals surface area contributed by atoms with Gasteiger partial charge in [-0.1, -0.05) is 236 Å². The molecule has 0 fully saturated rings. The van der Waals surface area contributed by atoms with Crippen molar-refractivity contribution in [3.63, 3.8) is 0 Å². The first-order chi connectivity index (χ1) is 31.5. The molecule has 0 saturated heterocycles. The van der Waals surface area contributed by atoms with Gasteiger partial charge in [0.25, 0.3) is 0 Å². The van der Waals surface area contributed by atoms with Crippen LogP contribution in [0, 0.1) is 0 Å².